The number of halogens is 1. The van der Waals surface area contributed by atoms with Crippen LogP contribution in [0.2, 0.25) is 0 Å². The summed E-state index contributed by atoms with van der Waals surface area (Å²) in [4.78, 5) is 16.2. The minimum absolute atomic E-state index is 0.00705. The molecule has 0 unspecified atom stereocenters. The van der Waals surface area contributed by atoms with Crippen LogP contribution in [-0.2, 0) is 6.61 Å². The number of hydrogen-bond donors (Lipinski definition) is 1. The van der Waals surface area contributed by atoms with Gasteiger partial charge in [-0.25, -0.2) is 9.37 Å². The van der Waals surface area contributed by atoms with E-state index >= 15 is 0 Å². The first-order valence-corrected chi connectivity index (χ1v) is 8.21. The van der Waals surface area contributed by atoms with E-state index in [2.05, 4.69) is 10.3 Å². The van der Waals surface area contributed by atoms with Crippen LogP contribution in [0.25, 0.3) is 0 Å². The number of anilines is 1. The molecule has 8 heteroatoms. The van der Waals surface area contributed by atoms with E-state index in [0.717, 1.165) is 5.69 Å². The Balaban J connectivity index is 1.60. The van der Waals surface area contributed by atoms with Gasteiger partial charge in [0.1, 0.15) is 18.1 Å². The lowest BCUT2D eigenvalue weighted by Gasteiger charge is -2.07. The molecule has 2 aromatic heterocycles. The predicted molar refractivity (Wildman–Crippen MR) is 90.8 cm³/mol. The first-order valence-electron chi connectivity index (χ1n) is 7.33. The third-order valence-corrected chi connectivity index (χ3v) is 4.11. The molecule has 0 saturated carbocycles. The van der Waals surface area contributed by atoms with Gasteiger partial charge < -0.3 is 13.9 Å². The van der Waals surface area contributed by atoms with Gasteiger partial charge in [-0.1, -0.05) is 0 Å². The van der Waals surface area contributed by atoms with Gasteiger partial charge in [0.15, 0.2) is 22.5 Å². The van der Waals surface area contributed by atoms with Crippen LogP contribution >= 0.6 is 11.3 Å². The van der Waals surface area contributed by atoms with Gasteiger partial charge in [-0.3, -0.25) is 10.1 Å². The second kappa shape index (κ2) is 7.35. The normalized spacial score (nSPS) is 10.5. The fraction of sp³-hybridized carbons (Fsp3) is 0.176. The molecule has 0 aliphatic heterocycles. The molecule has 0 aliphatic carbocycles. The number of furan rings is 1. The van der Waals surface area contributed by atoms with Crippen LogP contribution < -0.4 is 14.8 Å². The first kappa shape index (κ1) is 17.0. The molecule has 1 aromatic carbocycles. The molecule has 1 N–H and O–H groups in total. The van der Waals surface area contributed by atoms with E-state index in [1.807, 2.05) is 12.3 Å². The highest BCUT2D eigenvalue weighted by Crippen LogP contribution is 2.23. The van der Waals surface area contributed by atoms with Crippen molar-refractivity contribution in [1.82, 2.24) is 4.98 Å². The second-order valence-corrected chi connectivity index (χ2v) is 5.96. The largest absolute Gasteiger partial charge is 0.497 e. The van der Waals surface area contributed by atoms with Crippen LogP contribution in [0.1, 0.15) is 22.0 Å². The van der Waals surface area contributed by atoms with E-state index in [4.69, 9.17) is 13.9 Å². The zero-order valence-corrected chi connectivity index (χ0v) is 14.4. The van der Waals surface area contributed by atoms with Crippen molar-refractivity contribution in [2.45, 2.75) is 13.5 Å². The Kier molecular flexibility index (Phi) is 4.99. The molecule has 130 valence electrons. The average Bonchev–Trinajstić information content (AvgIpc) is 3.22. The molecule has 0 fully saturated rings. The molecular formula is C17H15FN2O4S. The Hall–Kier alpha value is -2.87. The van der Waals surface area contributed by atoms with E-state index in [1.165, 1.54) is 36.6 Å². The summed E-state index contributed by atoms with van der Waals surface area (Å²) in [6, 6.07) is 7.42. The van der Waals surface area contributed by atoms with Gasteiger partial charge in [0.05, 0.1) is 12.8 Å². The number of hydrogen-bond acceptors (Lipinski definition) is 6. The number of carbonyl (C=O) groups excluding carboxylic acids is 1. The molecule has 3 rings (SSSR count). The third kappa shape index (κ3) is 4.16. The number of benzene rings is 1. The maximum Gasteiger partial charge on any atom is 0.293 e. The van der Waals surface area contributed by atoms with E-state index in [-0.39, 0.29) is 18.1 Å². The van der Waals surface area contributed by atoms with E-state index in [0.29, 0.717) is 16.6 Å². The lowest BCUT2D eigenvalue weighted by atomic mass is 10.3. The summed E-state index contributed by atoms with van der Waals surface area (Å²) in [5.74, 6) is 0.0530. The first-order chi connectivity index (χ1) is 12.0. The molecule has 2 heterocycles. The number of thiazole rings is 1. The van der Waals surface area contributed by atoms with E-state index in [9.17, 15) is 9.18 Å². The monoisotopic (exact) mass is 362 g/mol. The topological polar surface area (TPSA) is 73.6 Å². The number of ether oxygens (including phenoxy) is 2. The Morgan fingerprint density at radius 2 is 2.20 bits per heavy atom. The highest BCUT2D eigenvalue weighted by atomic mass is 32.1. The number of aromatic nitrogens is 1. The fourth-order valence-corrected chi connectivity index (χ4v) is 2.71. The van der Waals surface area contributed by atoms with Gasteiger partial charge in [-0.15, -0.1) is 11.3 Å². The summed E-state index contributed by atoms with van der Waals surface area (Å²) >= 11 is 1.33. The third-order valence-electron chi connectivity index (χ3n) is 3.23. The summed E-state index contributed by atoms with van der Waals surface area (Å²) in [6.45, 7) is 1.83. The summed E-state index contributed by atoms with van der Waals surface area (Å²) in [5, 5.41) is 4.98. The maximum absolute atomic E-state index is 13.8. The number of nitrogens with one attached hydrogen (secondary N) is 1. The Morgan fingerprint density at radius 3 is 2.88 bits per heavy atom. The molecule has 0 saturated heterocycles. The van der Waals surface area contributed by atoms with E-state index < -0.39 is 11.7 Å². The molecule has 0 bridgehead atoms. The van der Waals surface area contributed by atoms with Crippen LogP contribution in [-0.4, -0.2) is 18.0 Å². The molecule has 0 spiro atoms. The van der Waals surface area contributed by atoms with Crippen molar-refractivity contribution in [1.29, 1.82) is 0 Å². The van der Waals surface area contributed by atoms with Crippen LogP contribution in [0.4, 0.5) is 9.52 Å². The second-order valence-electron chi connectivity index (χ2n) is 5.10. The van der Waals surface area contributed by atoms with Gasteiger partial charge in [0.2, 0.25) is 0 Å². The lowest BCUT2D eigenvalue weighted by Crippen LogP contribution is -2.10. The Morgan fingerprint density at radius 1 is 1.36 bits per heavy atom. The van der Waals surface area contributed by atoms with Gasteiger partial charge in [-0.2, -0.15) is 0 Å². The van der Waals surface area contributed by atoms with Crippen LogP contribution in [0.3, 0.4) is 0 Å². The van der Waals surface area contributed by atoms with Crippen molar-refractivity contribution < 1.29 is 23.1 Å². The highest BCUT2D eigenvalue weighted by molar-refractivity contribution is 7.13. The molecule has 25 heavy (non-hydrogen) atoms. The number of aryl methyl sites for hydroxylation is 1. The van der Waals surface area contributed by atoms with Gasteiger partial charge in [-0.05, 0) is 31.2 Å². The van der Waals surface area contributed by atoms with Crippen molar-refractivity contribution in [2.75, 3.05) is 12.4 Å². The van der Waals surface area contributed by atoms with Crippen molar-refractivity contribution in [3.8, 4) is 11.5 Å². The molecule has 0 aliphatic rings. The van der Waals surface area contributed by atoms with Crippen molar-refractivity contribution in [2.24, 2.45) is 0 Å². The fourth-order valence-electron chi connectivity index (χ4n) is 2.02. The summed E-state index contributed by atoms with van der Waals surface area (Å²) in [7, 11) is 1.46. The predicted octanol–water partition coefficient (Wildman–Crippen LogP) is 4.02. The number of carbonyl (C=O) groups is 1. The molecule has 0 atom stereocenters. The standard InChI is InChI=1S/C17H15FN2O4S/c1-10-9-25-17(19-10)20-16(21)15-6-4-12(24-15)8-23-14-5-3-11(22-2)7-13(14)18/h3-7,9H,8H2,1-2H3,(H,19,20,21). The molecule has 1 amide bonds. The van der Waals surface area contributed by atoms with E-state index in [1.54, 1.807) is 12.1 Å². The minimum Gasteiger partial charge on any atom is -0.497 e. The maximum atomic E-state index is 13.8. The Labute approximate surface area is 147 Å². The van der Waals surface area contributed by atoms with Gasteiger partial charge in [0.25, 0.3) is 5.91 Å². The molecular weight excluding hydrogens is 347 g/mol. The highest BCUT2D eigenvalue weighted by Gasteiger charge is 2.14. The summed E-state index contributed by atoms with van der Waals surface area (Å²) in [5.41, 5.74) is 0.829. The van der Waals surface area contributed by atoms with Gasteiger partial charge in [0, 0.05) is 11.4 Å². The minimum atomic E-state index is -0.539. The number of nitrogens with zero attached hydrogens (tertiary/aromatic N) is 1. The zero-order chi connectivity index (χ0) is 17.8. The average molecular weight is 362 g/mol. The van der Waals surface area contributed by atoms with Gasteiger partial charge >= 0.3 is 0 Å². The smallest absolute Gasteiger partial charge is 0.293 e. The van der Waals surface area contributed by atoms with Crippen molar-refractivity contribution in [3.05, 3.63) is 58.7 Å². The molecule has 6 nitrogen and oxygen atoms in total. The number of methoxy groups -OCH3 is 1. The Bertz CT molecular complexity index is 890. The lowest BCUT2D eigenvalue weighted by molar-refractivity contribution is 0.0992. The number of amides is 1. The molecule has 3 aromatic rings. The quantitative estimate of drug-likeness (QED) is 0.717. The summed E-state index contributed by atoms with van der Waals surface area (Å²) < 4.78 is 29.5. The SMILES string of the molecule is COc1ccc(OCc2ccc(C(=O)Nc3nc(C)cs3)o2)c(F)c1. The van der Waals surface area contributed by atoms with Crippen LogP contribution in [0.5, 0.6) is 11.5 Å². The summed E-state index contributed by atoms with van der Waals surface area (Å²) in [6.07, 6.45) is 0. The molecule has 0 radical (unpaired) electrons. The van der Waals surface area contributed by atoms with Crippen molar-refractivity contribution in [3.63, 3.8) is 0 Å². The van der Waals surface area contributed by atoms with Crippen LogP contribution in [0, 0.1) is 12.7 Å². The van der Waals surface area contributed by atoms with Crippen LogP contribution in [0.15, 0.2) is 40.1 Å². The number of rotatable bonds is 6. The van der Waals surface area contributed by atoms with Crippen molar-refractivity contribution >= 4 is 22.4 Å². The zero-order valence-electron chi connectivity index (χ0n) is 13.5.